The Hall–Kier alpha value is -6.06. The van der Waals surface area contributed by atoms with Crippen molar-refractivity contribution in [3.05, 3.63) is 158 Å². The molecule has 0 aliphatic rings. The SMILES string of the molecule is c1ccc(-n2c3ccccc3c3cc4c(cc32)c2cc(-c3ccc5oc6ccccc6c5c3)ccc2n4-c2ccccc2)cc1. The second-order valence-corrected chi connectivity index (χ2v) is 11.8. The van der Waals surface area contributed by atoms with Gasteiger partial charge in [-0.3, -0.25) is 0 Å². The summed E-state index contributed by atoms with van der Waals surface area (Å²) in [5, 5.41) is 7.26. The summed E-state index contributed by atoms with van der Waals surface area (Å²) in [4.78, 5) is 0. The van der Waals surface area contributed by atoms with Crippen molar-refractivity contribution >= 4 is 65.6 Å². The molecule has 10 rings (SSSR count). The van der Waals surface area contributed by atoms with Gasteiger partial charge in [0.25, 0.3) is 0 Å². The highest BCUT2D eigenvalue weighted by Gasteiger charge is 2.19. The molecule has 0 atom stereocenters. The van der Waals surface area contributed by atoms with E-state index in [-0.39, 0.29) is 0 Å². The molecule has 0 unspecified atom stereocenters. The van der Waals surface area contributed by atoms with Crippen molar-refractivity contribution in [2.24, 2.45) is 0 Å². The van der Waals surface area contributed by atoms with E-state index in [1.807, 2.05) is 12.1 Å². The molecule has 0 aliphatic carbocycles. The summed E-state index contributed by atoms with van der Waals surface area (Å²) in [6.45, 7) is 0. The van der Waals surface area contributed by atoms with Crippen molar-refractivity contribution in [1.29, 1.82) is 0 Å². The molecule has 0 amide bonds. The molecule has 0 aliphatic heterocycles. The van der Waals surface area contributed by atoms with Crippen LogP contribution in [0.25, 0.3) is 88.1 Å². The Morgan fingerprint density at radius 3 is 1.51 bits per heavy atom. The van der Waals surface area contributed by atoms with Crippen LogP contribution in [-0.2, 0) is 0 Å². The van der Waals surface area contributed by atoms with Crippen LogP contribution in [-0.4, -0.2) is 9.13 Å². The summed E-state index contributed by atoms with van der Waals surface area (Å²) in [6, 6.07) is 56.6. The summed E-state index contributed by atoms with van der Waals surface area (Å²) in [7, 11) is 0. The van der Waals surface area contributed by atoms with Crippen molar-refractivity contribution in [3.8, 4) is 22.5 Å². The van der Waals surface area contributed by atoms with Gasteiger partial charge in [-0.1, -0.05) is 84.9 Å². The second kappa shape index (κ2) is 9.22. The van der Waals surface area contributed by atoms with Gasteiger partial charge in [-0.15, -0.1) is 0 Å². The summed E-state index contributed by atoms with van der Waals surface area (Å²) < 4.78 is 10.9. The van der Waals surface area contributed by atoms with E-state index >= 15 is 0 Å². The van der Waals surface area contributed by atoms with Gasteiger partial charge in [0.1, 0.15) is 11.2 Å². The Balaban J connectivity index is 1.30. The van der Waals surface area contributed by atoms with Crippen LogP contribution < -0.4 is 0 Å². The molecule has 3 heterocycles. The van der Waals surface area contributed by atoms with Gasteiger partial charge in [-0.05, 0) is 83.9 Å². The lowest BCUT2D eigenvalue weighted by molar-refractivity contribution is 0.669. The van der Waals surface area contributed by atoms with Crippen LogP contribution in [0.15, 0.2) is 162 Å². The van der Waals surface area contributed by atoms with Crippen molar-refractivity contribution in [2.45, 2.75) is 0 Å². The van der Waals surface area contributed by atoms with Crippen LogP contribution in [0.2, 0.25) is 0 Å². The molecule has 210 valence electrons. The number of para-hydroxylation sites is 4. The fraction of sp³-hybridized carbons (Fsp3) is 0. The van der Waals surface area contributed by atoms with Crippen molar-refractivity contribution in [1.82, 2.24) is 9.13 Å². The number of rotatable bonds is 3. The first-order valence-electron chi connectivity index (χ1n) is 15.4. The first kappa shape index (κ1) is 24.4. The van der Waals surface area contributed by atoms with Crippen LogP contribution in [0.5, 0.6) is 0 Å². The molecule has 0 fully saturated rings. The molecular weight excluding hydrogens is 548 g/mol. The highest BCUT2D eigenvalue weighted by Crippen LogP contribution is 2.41. The molecular formula is C42H26N2O. The number of benzene rings is 7. The Labute approximate surface area is 258 Å². The van der Waals surface area contributed by atoms with Crippen LogP contribution in [0.1, 0.15) is 0 Å². The Morgan fingerprint density at radius 2 is 0.800 bits per heavy atom. The predicted molar refractivity (Wildman–Crippen MR) is 188 cm³/mol. The van der Waals surface area contributed by atoms with Crippen LogP contribution >= 0.6 is 0 Å². The Bertz CT molecular complexity index is 2740. The molecule has 7 aromatic carbocycles. The van der Waals surface area contributed by atoms with Crippen LogP contribution in [0.3, 0.4) is 0 Å². The smallest absolute Gasteiger partial charge is 0.135 e. The van der Waals surface area contributed by atoms with Gasteiger partial charge in [-0.25, -0.2) is 0 Å². The first-order valence-corrected chi connectivity index (χ1v) is 15.4. The summed E-state index contributed by atoms with van der Waals surface area (Å²) >= 11 is 0. The largest absolute Gasteiger partial charge is 0.456 e. The molecule has 3 heteroatoms. The normalized spacial score (nSPS) is 12.0. The third-order valence-corrected chi connectivity index (χ3v) is 9.30. The molecule has 0 saturated carbocycles. The van der Waals surface area contributed by atoms with E-state index in [2.05, 4.69) is 155 Å². The zero-order valence-electron chi connectivity index (χ0n) is 24.3. The molecule has 10 aromatic rings. The van der Waals surface area contributed by atoms with Gasteiger partial charge in [0.15, 0.2) is 0 Å². The zero-order valence-corrected chi connectivity index (χ0v) is 24.3. The summed E-state index contributed by atoms with van der Waals surface area (Å²) in [5.41, 5.74) is 11.3. The summed E-state index contributed by atoms with van der Waals surface area (Å²) in [5.74, 6) is 0. The standard InChI is InChI=1S/C42H26N2O/c1-3-11-29(12-4-1)43-37-17-9-7-15-31(37)34-25-40-35(26-39(34)43)33-23-27(19-21-38(33)44(40)30-13-5-2-6-14-30)28-20-22-42-36(24-28)32-16-8-10-18-41(32)45-42/h1-26H. The summed E-state index contributed by atoms with van der Waals surface area (Å²) in [6.07, 6.45) is 0. The van der Waals surface area contributed by atoms with Gasteiger partial charge < -0.3 is 13.6 Å². The molecule has 0 spiro atoms. The van der Waals surface area contributed by atoms with E-state index in [9.17, 15) is 0 Å². The number of nitrogens with zero attached hydrogens (tertiary/aromatic N) is 2. The highest BCUT2D eigenvalue weighted by atomic mass is 16.3. The van der Waals surface area contributed by atoms with Gasteiger partial charge in [0.2, 0.25) is 0 Å². The van der Waals surface area contributed by atoms with Crippen molar-refractivity contribution in [3.63, 3.8) is 0 Å². The van der Waals surface area contributed by atoms with Gasteiger partial charge in [0, 0.05) is 43.7 Å². The quantitative estimate of drug-likeness (QED) is 0.206. The maximum Gasteiger partial charge on any atom is 0.135 e. The minimum absolute atomic E-state index is 0.915. The van der Waals surface area contributed by atoms with E-state index in [4.69, 9.17) is 4.42 Å². The number of fused-ring (bicyclic) bond motifs is 9. The lowest BCUT2D eigenvalue weighted by Gasteiger charge is -2.09. The lowest BCUT2D eigenvalue weighted by Crippen LogP contribution is -1.94. The number of aromatic nitrogens is 2. The highest BCUT2D eigenvalue weighted by molar-refractivity contribution is 6.19. The zero-order chi connectivity index (χ0) is 29.5. The van der Waals surface area contributed by atoms with Gasteiger partial charge >= 0.3 is 0 Å². The average molecular weight is 575 g/mol. The van der Waals surface area contributed by atoms with E-state index in [0.29, 0.717) is 0 Å². The maximum absolute atomic E-state index is 6.13. The Morgan fingerprint density at radius 1 is 0.311 bits per heavy atom. The second-order valence-electron chi connectivity index (χ2n) is 11.8. The van der Waals surface area contributed by atoms with Crippen LogP contribution in [0.4, 0.5) is 0 Å². The minimum atomic E-state index is 0.915. The van der Waals surface area contributed by atoms with E-state index < -0.39 is 0 Å². The van der Waals surface area contributed by atoms with Crippen molar-refractivity contribution in [2.75, 3.05) is 0 Å². The first-order chi connectivity index (χ1) is 22.3. The fourth-order valence-electron chi connectivity index (χ4n) is 7.28. The average Bonchev–Trinajstić information content (AvgIpc) is 3.75. The van der Waals surface area contributed by atoms with E-state index in [1.54, 1.807) is 0 Å². The third-order valence-electron chi connectivity index (χ3n) is 9.30. The van der Waals surface area contributed by atoms with E-state index in [0.717, 1.165) is 33.3 Å². The molecule has 0 N–H and O–H groups in total. The molecule has 0 saturated heterocycles. The fourth-order valence-corrected chi connectivity index (χ4v) is 7.28. The van der Waals surface area contributed by atoms with Gasteiger partial charge in [0.05, 0.1) is 22.1 Å². The lowest BCUT2D eigenvalue weighted by atomic mass is 10.0. The predicted octanol–water partition coefficient (Wildman–Crippen LogP) is 11.4. The van der Waals surface area contributed by atoms with Crippen molar-refractivity contribution < 1.29 is 4.42 Å². The van der Waals surface area contributed by atoms with Crippen LogP contribution in [0, 0.1) is 0 Å². The number of hydrogen-bond acceptors (Lipinski definition) is 1. The van der Waals surface area contributed by atoms with Gasteiger partial charge in [-0.2, -0.15) is 0 Å². The maximum atomic E-state index is 6.13. The third kappa shape index (κ3) is 3.52. The number of furan rings is 1. The molecule has 0 radical (unpaired) electrons. The topological polar surface area (TPSA) is 23.0 Å². The molecule has 3 aromatic heterocycles. The molecule has 0 bridgehead atoms. The van der Waals surface area contributed by atoms with E-state index in [1.165, 1.54) is 54.7 Å². The molecule has 45 heavy (non-hydrogen) atoms. The molecule has 3 nitrogen and oxygen atoms in total. The minimum Gasteiger partial charge on any atom is -0.456 e. The Kier molecular flexibility index (Phi) is 5.00. The number of hydrogen-bond donors (Lipinski definition) is 0. The monoisotopic (exact) mass is 574 g/mol.